The molecule has 9 heteroatoms. The standard InChI is InChI=1S/C31H32Cl2N2O5/c1-31(2,3)18-10-14-20(15-11-18)35-25(17-8-12-19(13-9-17)34(4)5)23(27(37)30(35)38)26(36)21-16-22(32)29(40-7)24(33)28(21)39-6/h8-16,25,36H,1-7H3/b26-23+. The van der Waals surface area contributed by atoms with Gasteiger partial charge in [-0.25, -0.2) is 0 Å². The number of hydrogen-bond donors (Lipinski definition) is 1. The Bertz CT molecular complexity index is 1490. The molecule has 1 atom stereocenters. The second-order valence-electron chi connectivity index (χ2n) is 10.7. The Labute approximate surface area is 244 Å². The van der Waals surface area contributed by atoms with Gasteiger partial charge in [-0.3, -0.25) is 14.5 Å². The van der Waals surface area contributed by atoms with E-state index in [1.54, 1.807) is 0 Å². The molecule has 1 aliphatic heterocycles. The van der Waals surface area contributed by atoms with Crippen molar-refractivity contribution in [3.8, 4) is 11.5 Å². The highest BCUT2D eigenvalue weighted by Crippen LogP contribution is 2.48. The molecule has 0 aliphatic carbocycles. The molecule has 1 aliphatic rings. The molecule has 0 saturated carbocycles. The van der Waals surface area contributed by atoms with Crippen molar-refractivity contribution >= 4 is 52.0 Å². The third kappa shape index (κ3) is 5.11. The molecular formula is C31H32Cl2N2O5. The number of benzene rings is 3. The first-order valence-corrected chi connectivity index (χ1v) is 13.4. The van der Waals surface area contributed by atoms with Crippen LogP contribution >= 0.6 is 23.2 Å². The molecule has 1 N–H and O–H groups in total. The second kappa shape index (κ2) is 11.1. The Kier molecular flexibility index (Phi) is 8.11. The lowest BCUT2D eigenvalue weighted by molar-refractivity contribution is -0.132. The van der Waals surface area contributed by atoms with Crippen LogP contribution in [0, 0.1) is 0 Å². The van der Waals surface area contributed by atoms with Gasteiger partial charge in [0, 0.05) is 25.5 Å². The first-order valence-electron chi connectivity index (χ1n) is 12.6. The summed E-state index contributed by atoms with van der Waals surface area (Å²) in [6.07, 6.45) is 0. The predicted molar refractivity (Wildman–Crippen MR) is 160 cm³/mol. The van der Waals surface area contributed by atoms with Gasteiger partial charge in [0.1, 0.15) is 10.8 Å². The maximum Gasteiger partial charge on any atom is 0.300 e. The molecule has 1 amide bonds. The molecule has 0 radical (unpaired) electrons. The van der Waals surface area contributed by atoms with E-state index in [9.17, 15) is 14.7 Å². The monoisotopic (exact) mass is 582 g/mol. The van der Waals surface area contributed by atoms with E-state index in [2.05, 4.69) is 20.8 Å². The van der Waals surface area contributed by atoms with Gasteiger partial charge in [-0.2, -0.15) is 0 Å². The minimum Gasteiger partial charge on any atom is -0.507 e. The van der Waals surface area contributed by atoms with Gasteiger partial charge >= 0.3 is 0 Å². The zero-order valence-electron chi connectivity index (χ0n) is 23.5. The Morgan fingerprint density at radius 2 is 1.50 bits per heavy atom. The number of ketones is 1. The van der Waals surface area contributed by atoms with E-state index in [4.69, 9.17) is 32.7 Å². The van der Waals surface area contributed by atoms with Gasteiger partial charge in [-0.15, -0.1) is 0 Å². The average Bonchev–Trinajstić information content (AvgIpc) is 3.18. The van der Waals surface area contributed by atoms with E-state index in [-0.39, 0.29) is 38.1 Å². The molecule has 1 fully saturated rings. The van der Waals surface area contributed by atoms with E-state index in [1.165, 1.54) is 25.2 Å². The number of anilines is 2. The Morgan fingerprint density at radius 3 is 2.00 bits per heavy atom. The van der Waals surface area contributed by atoms with Crippen LogP contribution in [0.2, 0.25) is 10.0 Å². The minimum atomic E-state index is -0.930. The first-order chi connectivity index (χ1) is 18.8. The van der Waals surface area contributed by atoms with Crippen molar-refractivity contribution in [2.45, 2.75) is 32.2 Å². The summed E-state index contributed by atoms with van der Waals surface area (Å²) >= 11 is 12.9. The maximum absolute atomic E-state index is 13.6. The molecule has 1 saturated heterocycles. The smallest absolute Gasteiger partial charge is 0.300 e. The van der Waals surface area contributed by atoms with Crippen molar-refractivity contribution in [1.29, 1.82) is 0 Å². The highest BCUT2D eigenvalue weighted by atomic mass is 35.5. The number of hydrogen-bond acceptors (Lipinski definition) is 6. The fourth-order valence-electron chi connectivity index (χ4n) is 4.78. The van der Waals surface area contributed by atoms with Crippen molar-refractivity contribution < 1.29 is 24.2 Å². The van der Waals surface area contributed by atoms with Crippen LogP contribution in [-0.2, 0) is 15.0 Å². The molecule has 40 heavy (non-hydrogen) atoms. The third-order valence-electron chi connectivity index (χ3n) is 6.98. The number of Topliss-reactive ketones (excluding diaryl/α,β-unsaturated/α-hetero) is 1. The van der Waals surface area contributed by atoms with Crippen molar-refractivity contribution in [1.82, 2.24) is 0 Å². The third-order valence-corrected chi connectivity index (χ3v) is 7.60. The van der Waals surface area contributed by atoms with E-state index in [1.807, 2.05) is 67.5 Å². The maximum atomic E-state index is 13.6. The van der Waals surface area contributed by atoms with Gasteiger partial charge in [0.05, 0.1) is 36.4 Å². The van der Waals surface area contributed by atoms with Crippen LogP contribution in [0.3, 0.4) is 0 Å². The lowest BCUT2D eigenvalue weighted by Gasteiger charge is -2.27. The number of carbonyl (C=O) groups excluding carboxylic acids is 2. The number of methoxy groups -OCH3 is 2. The lowest BCUT2D eigenvalue weighted by atomic mass is 9.87. The van der Waals surface area contributed by atoms with Gasteiger partial charge in [-0.05, 0) is 46.9 Å². The van der Waals surface area contributed by atoms with Crippen LogP contribution in [-0.4, -0.2) is 45.1 Å². The molecule has 3 aromatic carbocycles. The van der Waals surface area contributed by atoms with Crippen molar-refractivity contribution in [3.05, 3.63) is 86.9 Å². The van der Waals surface area contributed by atoms with Crippen LogP contribution in [0.25, 0.3) is 5.76 Å². The van der Waals surface area contributed by atoms with Crippen molar-refractivity contribution in [3.63, 3.8) is 0 Å². The minimum absolute atomic E-state index is 0.0259. The van der Waals surface area contributed by atoms with Crippen LogP contribution in [0.15, 0.2) is 60.2 Å². The lowest BCUT2D eigenvalue weighted by Crippen LogP contribution is -2.29. The van der Waals surface area contributed by atoms with E-state index in [0.717, 1.165) is 11.3 Å². The summed E-state index contributed by atoms with van der Waals surface area (Å²) < 4.78 is 10.7. The van der Waals surface area contributed by atoms with Gasteiger partial charge in [0.25, 0.3) is 11.7 Å². The molecule has 0 bridgehead atoms. The number of rotatable bonds is 6. The highest BCUT2D eigenvalue weighted by Gasteiger charge is 2.47. The predicted octanol–water partition coefficient (Wildman–Crippen LogP) is 7.00. The van der Waals surface area contributed by atoms with E-state index in [0.29, 0.717) is 11.3 Å². The Morgan fingerprint density at radius 1 is 0.925 bits per heavy atom. The summed E-state index contributed by atoms with van der Waals surface area (Å²) in [5, 5.41) is 11.8. The largest absolute Gasteiger partial charge is 0.507 e. The molecule has 0 aromatic heterocycles. The van der Waals surface area contributed by atoms with Crippen molar-refractivity contribution in [2.75, 3.05) is 38.1 Å². The summed E-state index contributed by atoms with van der Waals surface area (Å²) in [5.74, 6) is -1.85. The molecular weight excluding hydrogens is 551 g/mol. The molecule has 1 heterocycles. The van der Waals surface area contributed by atoms with Crippen LogP contribution < -0.4 is 19.3 Å². The van der Waals surface area contributed by atoms with Gasteiger partial charge < -0.3 is 19.5 Å². The number of nitrogens with zero attached hydrogens (tertiary/aromatic N) is 2. The topological polar surface area (TPSA) is 79.3 Å². The summed E-state index contributed by atoms with van der Waals surface area (Å²) in [5.41, 5.74) is 3.02. The SMILES string of the molecule is COc1c(Cl)cc(/C(O)=C2\C(=O)C(=O)N(c3ccc(C(C)(C)C)cc3)C2c2ccc(N(C)C)cc2)c(OC)c1Cl. The zero-order chi connectivity index (χ0) is 29.5. The molecule has 7 nitrogen and oxygen atoms in total. The number of halogens is 2. The fraction of sp³-hybridized carbons (Fsp3) is 0.290. The van der Waals surface area contributed by atoms with E-state index < -0.39 is 23.5 Å². The number of aliphatic hydroxyl groups excluding tert-OH is 1. The fourth-order valence-corrected chi connectivity index (χ4v) is 5.47. The number of ether oxygens (including phenoxy) is 2. The summed E-state index contributed by atoms with van der Waals surface area (Å²) in [4.78, 5) is 30.6. The number of carbonyl (C=O) groups is 2. The summed E-state index contributed by atoms with van der Waals surface area (Å²) in [6, 6.07) is 15.4. The zero-order valence-corrected chi connectivity index (χ0v) is 25.0. The molecule has 4 rings (SSSR count). The summed E-state index contributed by atoms with van der Waals surface area (Å²) in [6.45, 7) is 6.29. The second-order valence-corrected chi connectivity index (χ2v) is 11.5. The van der Waals surface area contributed by atoms with Crippen LogP contribution in [0.1, 0.15) is 43.5 Å². The highest BCUT2D eigenvalue weighted by molar-refractivity contribution is 6.52. The molecule has 1 unspecified atom stereocenters. The Balaban J connectivity index is 1.98. The number of aliphatic hydroxyl groups is 1. The van der Waals surface area contributed by atoms with Crippen LogP contribution in [0.5, 0.6) is 11.5 Å². The van der Waals surface area contributed by atoms with Crippen molar-refractivity contribution in [2.24, 2.45) is 0 Å². The first kappa shape index (κ1) is 29.3. The Hall–Kier alpha value is -3.68. The quantitative estimate of drug-likeness (QED) is 0.191. The normalized spacial score (nSPS) is 16.8. The van der Waals surface area contributed by atoms with Crippen LogP contribution in [0.4, 0.5) is 11.4 Å². The van der Waals surface area contributed by atoms with Gasteiger partial charge in [0.15, 0.2) is 11.5 Å². The average molecular weight is 584 g/mol. The van der Waals surface area contributed by atoms with Gasteiger partial charge in [-0.1, -0.05) is 68.2 Å². The number of amides is 1. The van der Waals surface area contributed by atoms with Gasteiger partial charge in [0.2, 0.25) is 0 Å². The summed E-state index contributed by atoms with van der Waals surface area (Å²) in [7, 11) is 6.61. The van der Waals surface area contributed by atoms with E-state index >= 15 is 0 Å². The molecule has 210 valence electrons. The molecule has 3 aromatic rings. The molecule has 0 spiro atoms.